The van der Waals surface area contributed by atoms with E-state index in [0.717, 1.165) is 5.56 Å². The molecule has 0 radical (unpaired) electrons. The van der Waals surface area contributed by atoms with Crippen LogP contribution >= 0.6 is 0 Å². The fourth-order valence-corrected chi connectivity index (χ4v) is 2.04. The van der Waals surface area contributed by atoms with Crippen molar-refractivity contribution in [1.82, 2.24) is 0 Å². The Balaban J connectivity index is 2.34. The predicted octanol–water partition coefficient (Wildman–Crippen LogP) is 3.36. The molecule has 0 heterocycles. The molecule has 0 amide bonds. The molecule has 0 spiro atoms. The normalized spacial score (nSPS) is 10.1. The summed E-state index contributed by atoms with van der Waals surface area (Å²) in [5.74, 6) is -0.549. The molecule has 0 aliphatic rings. The lowest BCUT2D eigenvalue weighted by molar-refractivity contribution is -0.385. The highest BCUT2D eigenvalue weighted by Crippen LogP contribution is 2.23. The number of carbonyl (C=O) groups excluding carboxylic acids is 1. The molecule has 0 aliphatic heterocycles. The van der Waals surface area contributed by atoms with Gasteiger partial charge in [0, 0.05) is 18.1 Å². The van der Waals surface area contributed by atoms with E-state index >= 15 is 0 Å². The van der Waals surface area contributed by atoms with E-state index in [9.17, 15) is 14.9 Å². The number of nitro benzene ring substituents is 1. The lowest BCUT2D eigenvalue weighted by Gasteiger charge is -2.06. The van der Waals surface area contributed by atoms with E-state index in [2.05, 4.69) is 0 Å². The van der Waals surface area contributed by atoms with E-state index in [4.69, 9.17) is 4.74 Å². The topological polar surface area (TPSA) is 69.4 Å². The predicted molar refractivity (Wildman–Crippen MR) is 78.3 cm³/mol. The molecule has 0 saturated carbocycles. The Morgan fingerprint density at radius 2 is 1.90 bits per heavy atom. The number of nitro groups is 1. The van der Waals surface area contributed by atoms with Crippen molar-refractivity contribution < 1.29 is 14.5 Å². The molecule has 0 bridgehead atoms. The van der Waals surface area contributed by atoms with E-state index in [1.54, 1.807) is 19.1 Å². The van der Waals surface area contributed by atoms with E-state index in [-0.39, 0.29) is 17.9 Å². The van der Waals surface area contributed by atoms with E-state index in [0.29, 0.717) is 12.0 Å². The average molecular weight is 285 g/mol. The third kappa shape index (κ3) is 3.66. The first-order chi connectivity index (χ1) is 10.1. The van der Waals surface area contributed by atoms with Crippen LogP contribution in [0.5, 0.6) is 0 Å². The monoisotopic (exact) mass is 285 g/mol. The Hall–Kier alpha value is -2.69. The van der Waals surface area contributed by atoms with Gasteiger partial charge in [-0.2, -0.15) is 0 Å². The molecule has 2 rings (SSSR count). The minimum atomic E-state index is -0.549. The number of nitrogens with zero attached hydrogens (tertiary/aromatic N) is 1. The first-order valence-corrected chi connectivity index (χ1v) is 6.60. The van der Waals surface area contributed by atoms with Crippen LogP contribution in [0, 0.1) is 10.1 Å². The summed E-state index contributed by atoms with van der Waals surface area (Å²) in [5, 5.41) is 11.2. The third-order valence-electron chi connectivity index (χ3n) is 3.03. The summed E-state index contributed by atoms with van der Waals surface area (Å²) in [7, 11) is 0. The molecule has 5 nitrogen and oxygen atoms in total. The number of esters is 1. The number of hydrogen-bond acceptors (Lipinski definition) is 4. The van der Waals surface area contributed by atoms with Crippen molar-refractivity contribution in [2.45, 2.75) is 13.3 Å². The highest BCUT2D eigenvalue weighted by molar-refractivity contribution is 5.90. The quantitative estimate of drug-likeness (QED) is 0.480. The van der Waals surface area contributed by atoms with Crippen molar-refractivity contribution in [3.8, 4) is 0 Å². The summed E-state index contributed by atoms with van der Waals surface area (Å²) >= 11 is 0. The van der Waals surface area contributed by atoms with Gasteiger partial charge in [-0.05, 0) is 18.6 Å². The summed E-state index contributed by atoms with van der Waals surface area (Å²) < 4.78 is 4.86. The van der Waals surface area contributed by atoms with Gasteiger partial charge in [-0.15, -0.1) is 0 Å². The molecular weight excluding hydrogens is 270 g/mol. The summed E-state index contributed by atoms with van der Waals surface area (Å²) in [6.07, 6.45) is 0.445. The SMILES string of the molecule is CCOC(=O)c1ccc(Cc2ccccc2)c([N+](=O)[O-])c1. The van der Waals surface area contributed by atoms with E-state index in [1.807, 2.05) is 30.3 Å². The zero-order valence-corrected chi connectivity index (χ0v) is 11.6. The second kappa shape index (κ2) is 6.65. The Morgan fingerprint density at radius 3 is 2.52 bits per heavy atom. The molecule has 5 heteroatoms. The molecule has 108 valence electrons. The van der Waals surface area contributed by atoms with E-state index in [1.165, 1.54) is 6.07 Å². The van der Waals surface area contributed by atoms with Gasteiger partial charge in [0.15, 0.2) is 0 Å². The van der Waals surface area contributed by atoms with Crippen LogP contribution in [0.4, 0.5) is 5.69 Å². The van der Waals surface area contributed by atoms with Crippen LogP contribution in [0.3, 0.4) is 0 Å². The Morgan fingerprint density at radius 1 is 1.19 bits per heavy atom. The summed E-state index contributed by atoms with van der Waals surface area (Å²) in [6, 6.07) is 13.9. The van der Waals surface area contributed by atoms with Gasteiger partial charge >= 0.3 is 5.97 Å². The van der Waals surface area contributed by atoms with Gasteiger partial charge < -0.3 is 4.74 Å². The van der Waals surface area contributed by atoms with Gasteiger partial charge in [0.25, 0.3) is 5.69 Å². The maximum atomic E-state index is 11.6. The van der Waals surface area contributed by atoms with Crippen LogP contribution in [0.2, 0.25) is 0 Å². The second-order valence-electron chi connectivity index (χ2n) is 4.48. The number of ether oxygens (including phenoxy) is 1. The molecule has 0 aromatic heterocycles. The first kappa shape index (κ1) is 14.7. The number of benzene rings is 2. The average Bonchev–Trinajstić information content (AvgIpc) is 2.48. The van der Waals surface area contributed by atoms with Crippen LogP contribution in [-0.2, 0) is 11.2 Å². The Bertz CT molecular complexity index is 653. The first-order valence-electron chi connectivity index (χ1n) is 6.60. The molecule has 2 aromatic carbocycles. The molecule has 0 fully saturated rings. The summed E-state index contributed by atoms with van der Waals surface area (Å²) in [4.78, 5) is 22.4. The van der Waals surface area contributed by atoms with E-state index < -0.39 is 10.9 Å². The van der Waals surface area contributed by atoms with Crippen LogP contribution < -0.4 is 0 Å². The molecule has 0 saturated heterocycles. The minimum Gasteiger partial charge on any atom is -0.462 e. The summed E-state index contributed by atoms with van der Waals surface area (Å²) in [6.45, 7) is 1.93. The number of carbonyl (C=O) groups is 1. The largest absolute Gasteiger partial charge is 0.462 e. The second-order valence-corrected chi connectivity index (χ2v) is 4.48. The maximum absolute atomic E-state index is 11.6. The van der Waals surface area contributed by atoms with Gasteiger partial charge in [-0.1, -0.05) is 36.4 Å². The van der Waals surface area contributed by atoms with Crippen molar-refractivity contribution in [2.24, 2.45) is 0 Å². The maximum Gasteiger partial charge on any atom is 0.338 e. The zero-order valence-electron chi connectivity index (χ0n) is 11.6. The van der Waals surface area contributed by atoms with Gasteiger partial charge in [-0.3, -0.25) is 10.1 Å². The van der Waals surface area contributed by atoms with Crippen molar-refractivity contribution in [1.29, 1.82) is 0 Å². The van der Waals surface area contributed by atoms with Crippen LogP contribution in [-0.4, -0.2) is 17.5 Å². The number of hydrogen-bond donors (Lipinski definition) is 0. The zero-order chi connectivity index (χ0) is 15.2. The lowest BCUT2D eigenvalue weighted by atomic mass is 10.0. The van der Waals surface area contributed by atoms with Gasteiger partial charge in [0.2, 0.25) is 0 Å². The fourth-order valence-electron chi connectivity index (χ4n) is 2.04. The Kier molecular flexibility index (Phi) is 4.66. The minimum absolute atomic E-state index is 0.0654. The van der Waals surface area contributed by atoms with Crippen molar-refractivity contribution in [3.05, 3.63) is 75.3 Å². The third-order valence-corrected chi connectivity index (χ3v) is 3.03. The van der Waals surface area contributed by atoms with Crippen LogP contribution in [0.25, 0.3) is 0 Å². The van der Waals surface area contributed by atoms with Gasteiger partial charge in [-0.25, -0.2) is 4.79 Å². The highest BCUT2D eigenvalue weighted by Gasteiger charge is 2.18. The van der Waals surface area contributed by atoms with Crippen LogP contribution in [0.1, 0.15) is 28.4 Å². The molecule has 0 unspecified atom stereocenters. The van der Waals surface area contributed by atoms with Crippen molar-refractivity contribution >= 4 is 11.7 Å². The van der Waals surface area contributed by atoms with Gasteiger partial charge in [0.05, 0.1) is 17.1 Å². The van der Waals surface area contributed by atoms with Gasteiger partial charge in [0.1, 0.15) is 0 Å². The van der Waals surface area contributed by atoms with Crippen LogP contribution in [0.15, 0.2) is 48.5 Å². The molecular formula is C16H15NO4. The molecule has 2 aromatic rings. The molecule has 0 aliphatic carbocycles. The summed E-state index contributed by atoms with van der Waals surface area (Å²) in [5.41, 5.74) is 1.67. The van der Waals surface area contributed by atoms with Crippen molar-refractivity contribution in [2.75, 3.05) is 6.61 Å². The Labute approximate surface area is 122 Å². The standard InChI is InChI=1S/C16H15NO4/c1-2-21-16(18)14-9-8-13(15(11-14)17(19)20)10-12-6-4-3-5-7-12/h3-9,11H,2,10H2,1H3. The fraction of sp³-hybridized carbons (Fsp3) is 0.188. The smallest absolute Gasteiger partial charge is 0.338 e. The molecule has 0 N–H and O–H groups in total. The van der Waals surface area contributed by atoms with Crippen molar-refractivity contribution in [3.63, 3.8) is 0 Å². The number of rotatable bonds is 5. The molecule has 0 atom stereocenters. The lowest BCUT2D eigenvalue weighted by Crippen LogP contribution is -2.06. The molecule has 21 heavy (non-hydrogen) atoms. The highest BCUT2D eigenvalue weighted by atomic mass is 16.6.